The molecule has 1 aliphatic heterocycles. The van der Waals surface area contributed by atoms with Crippen molar-refractivity contribution in [3.8, 4) is 17.1 Å². The van der Waals surface area contributed by atoms with Gasteiger partial charge in [-0.15, -0.1) is 0 Å². The van der Waals surface area contributed by atoms with Gasteiger partial charge in [0.1, 0.15) is 23.9 Å². The van der Waals surface area contributed by atoms with Crippen LogP contribution in [-0.2, 0) is 20.1 Å². The van der Waals surface area contributed by atoms with Gasteiger partial charge in [0.05, 0.1) is 40.3 Å². The third-order valence-electron chi connectivity index (χ3n) is 6.33. The molecule has 1 atom stereocenters. The molecule has 2 aromatic heterocycles. The molecule has 1 aromatic carbocycles. The average molecular weight is 544 g/mol. The minimum atomic E-state index is -0.544. The maximum atomic E-state index is 10.1. The van der Waals surface area contributed by atoms with Crippen LogP contribution in [0.1, 0.15) is 42.3 Å². The lowest BCUT2D eigenvalue weighted by molar-refractivity contribution is 0.0994. The molecule has 0 saturated heterocycles. The van der Waals surface area contributed by atoms with Crippen LogP contribution >= 0.6 is 23.2 Å². The van der Waals surface area contributed by atoms with Gasteiger partial charge in [-0.2, -0.15) is 5.10 Å². The number of hydrogen-bond acceptors (Lipinski definition) is 8. The van der Waals surface area contributed by atoms with Crippen LogP contribution in [0.25, 0.3) is 11.4 Å². The number of anilines is 1. The topological polar surface area (TPSA) is 115 Å². The van der Waals surface area contributed by atoms with Crippen molar-refractivity contribution < 1.29 is 9.84 Å². The van der Waals surface area contributed by atoms with E-state index in [2.05, 4.69) is 15.0 Å². The minimum Gasteiger partial charge on any atom is -0.491 e. The van der Waals surface area contributed by atoms with Crippen LogP contribution in [-0.4, -0.2) is 50.3 Å². The smallest absolute Gasteiger partial charge is 0.163 e. The Hall–Kier alpha value is -3.14. The minimum absolute atomic E-state index is 0.184. The number of aliphatic hydroxyl groups excluding tert-OH is 1. The van der Waals surface area contributed by atoms with Crippen molar-refractivity contribution >= 4 is 34.7 Å². The summed E-state index contributed by atoms with van der Waals surface area (Å²) in [5.74, 6) is 1.70. The summed E-state index contributed by atoms with van der Waals surface area (Å²) >= 11 is 13.1. The van der Waals surface area contributed by atoms with Gasteiger partial charge in [0.25, 0.3) is 0 Å². The normalized spacial score (nSPS) is 14.7. The predicted molar refractivity (Wildman–Crippen MR) is 147 cm³/mol. The number of nitrogens with two attached hydrogens (primary N) is 1. The third kappa shape index (κ3) is 5.58. The average Bonchev–Trinajstić information content (AvgIpc) is 3.46. The van der Waals surface area contributed by atoms with Crippen LogP contribution in [0.5, 0.6) is 5.75 Å². The van der Waals surface area contributed by atoms with E-state index in [-0.39, 0.29) is 11.6 Å². The molecule has 196 valence electrons. The molecule has 37 heavy (non-hydrogen) atoms. The van der Waals surface area contributed by atoms with Gasteiger partial charge in [-0.3, -0.25) is 9.67 Å². The lowest BCUT2D eigenvalue weighted by Crippen LogP contribution is -2.22. The fourth-order valence-electron chi connectivity index (χ4n) is 4.38. The Morgan fingerprint density at radius 2 is 2.11 bits per heavy atom. The van der Waals surface area contributed by atoms with Crippen LogP contribution in [0.15, 0.2) is 40.6 Å². The first-order chi connectivity index (χ1) is 17.8. The molecule has 0 fully saturated rings. The monoisotopic (exact) mass is 543 g/mol. The van der Waals surface area contributed by atoms with E-state index >= 15 is 0 Å². The van der Waals surface area contributed by atoms with Crippen LogP contribution in [0.3, 0.4) is 0 Å². The van der Waals surface area contributed by atoms with Crippen molar-refractivity contribution in [3.05, 3.63) is 63.2 Å². The van der Waals surface area contributed by atoms with Gasteiger partial charge in [-0.25, -0.2) is 9.97 Å². The highest BCUT2D eigenvalue weighted by atomic mass is 35.5. The molecule has 9 nitrogen and oxygen atoms in total. The summed E-state index contributed by atoms with van der Waals surface area (Å²) in [6, 6.07) is 5.28. The predicted octanol–water partition coefficient (Wildman–Crippen LogP) is 4.36. The number of allylic oxidation sites excluding steroid dienone is 1. The highest BCUT2D eigenvalue weighted by molar-refractivity contribution is 6.46. The Morgan fingerprint density at radius 1 is 1.32 bits per heavy atom. The summed E-state index contributed by atoms with van der Waals surface area (Å²) in [4.78, 5) is 16.3. The number of benzene rings is 1. The van der Waals surface area contributed by atoms with Crippen LogP contribution in [0.2, 0.25) is 5.02 Å². The van der Waals surface area contributed by atoms with E-state index in [1.54, 1.807) is 25.2 Å². The number of aliphatic hydroxyl groups is 1. The fraction of sp³-hybridized carbons (Fsp3) is 0.385. The van der Waals surface area contributed by atoms with E-state index in [0.29, 0.717) is 53.1 Å². The maximum absolute atomic E-state index is 10.1. The molecule has 11 heteroatoms. The SMILES string of the molecule is CCC[C@@H](O)COc1ccc(Cl)c(-c2nc(C(=NC)C(Cl)=CN)c(C)c(N3Cc4cnn(C)c4C3)n2)c1. The van der Waals surface area contributed by atoms with Gasteiger partial charge in [0.15, 0.2) is 5.82 Å². The highest BCUT2D eigenvalue weighted by Gasteiger charge is 2.28. The summed E-state index contributed by atoms with van der Waals surface area (Å²) in [7, 11) is 3.57. The largest absolute Gasteiger partial charge is 0.491 e. The first kappa shape index (κ1) is 26.9. The molecule has 4 rings (SSSR count). The number of ether oxygens (including phenoxy) is 1. The van der Waals surface area contributed by atoms with Gasteiger partial charge in [0, 0.05) is 43.5 Å². The molecule has 1 aliphatic rings. The van der Waals surface area contributed by atoms with Gasteiger partial charge in [-0.1, -0.05) is 36.5 Å². The first-order valence-electron chi connectivity index (χ1n) is 12.1. The molecule has 3 aromatic rings. The van der Waals surface area contributed by atoms with Crippen LogP contribution in [0.4, 0.5) is 5.82 Å². The number of hydrogen-bond donors (Lipinski definition) is 2. The van der Waals surface area contributed by atoms with Crippen molar-refractivity contribution in [1.29, 1.82) is 0 Å². The molecule has 0 aliphatic carbocycles. The zero-order chi connectivity index (χ0) is 26.7. The quantitative estimate of drug-likeness (QED) is 0.385. The Balaban J connectivity index is 1.80. The highest BCUT2D eigenvalue weighted by Crippen LogP contribution is 2.35. The maximum Gasteiger partial charge on any atom is 0.163 e. The molecule has 0 saturated carbocycles. The summed E-state index contributed by atoms with van der Waals surface area (Å²) in [5.41, 5.74) is 10.4. The molecule has 0 amide bonds. The van der Waals surface area contributed by atoms with Crippen LogP contribution in [0, 0.1) is 6.92 Å². The van der Waals surface area contributed by atoms with E-state index in [1.807, 2.05) is 31.8 Å². The standard InChI is InChI=1S/C26H31Cl2N7O2/c1-5-6-17(36)14-37-18-7-8-20(27)19(9-18)25-32-23(24(30-3)21(28)10-29)15(2)26(33-25)35-12-16-11-31-34(4)22(16)13-35/h7-11,17,36H,5-6,12-14,29H2,1-4H3/t17-/m1/s1. The van der Waals surface area contributed by atoms with Gasteiger partial charge < -0.3 is 20.5 Å². The number of rotatable bonds is 9. The van der Waals surface area contributed by atoms with Crippen molar-refractivity contribution in [2.24, 2.45) is 17.8 Å². The van der Waals surface area contributed by atoms with E-state index < -0.39 is 6.10 Å². The fourth-order valence-corrected chi connectivity index (χ4v) is 4.76. The van der Waals surface area contributed by atoms with Crippen molar-refractivity contribution in [2.75, 3.05) is 18.6 Å². The molecule has 3 heterocycles. The Morgan fingerprint density at radius 3 is 2.78 bits per heavy atom. The molecular formula is C26H31Cl2N7O2. The summed E-state index contributed by atoms with van der Waals surface area (Å²) in [6.07, 6.45) is 4.17. The van der Waals surface area contributed by atoms with E-state index in [4.69, 9.17) is 43.6 Å². The van der Waals surface area contributed by atoms with Gasteiger partial charge in [-0.05, 0) is 31.5 Å². The summed E-state index contributed by atoms with van der Waals surface area (Å²) in [5, 5.41) is 15.2. The molecule has 3 N–H and O–H groups in total. The van der Waals surface area contributed by atoms with E-state index in [9.17, 15) is 5.11 Å². The second-order valence-electron chi connectivity index (χ2n) is 8.92. The molecular weight excluding hydrogens is 513 g/mol. The number of aromatic nitrogens is 4. The molecule has 0 radical (unpaired) electrons. The number of halogens is 2. The van der Waals surface area contributed by atoms with Crippen LogP contribution < -0.4 is 15.4 Å². The molecule has 0 spiro atoms. The second kappa shape index (κ2) is 11.5. The number of aryl methyl sites for hydroxylation is 1. The Bertz CT molecular complexity index is 1350. The number of aliphatic imine (C=N–C) groups is 1. The van der Waals surface area contributed by atoms with Crippen molar-refractivity contribution in [1.82, 2.24) is 19.7 Å². The number of fused-ring (bicyclic) bond motifs is 1. The zero-order valence-electron chi connectivity index (χ0n) is 21.4. The summed E-state index contributed by atoms with van der Waals surface area (Å²) in [6.45, 7) is 5.45. The van der Waals surface area contributed by atoms with Crippen molar-refractivity contribution in [2.45, 2.75) is 45.9 Å². The Kier molecular flexibility index (Phi) is 8.36. The molecule has 0 bridgehead atoms. The van der Waals surface area contributed by atoms with E-state index in [1.165, 1.54) is 6.20 Å². The van der Waals surface area contributed by atoms with Gasteiger partial charge >= 0.3 is 0 Å². The lowest BCUT2D eigenvalue weighted by atomic mass is 10.1. The molecule has 0 unspecified atom stereocenters. The second-order valence-corrected chi connectivity index (χ2v) is 9.74. The first-order valence-corrected chi connectivity index (χ1v) is 12.8. The summed E-state index contributed by atoms with van der Waals surface area (Å²) < 4.78 is 7.72. The van der Waals surface area contributed by atoms with Gasteiger partial charge in [0.2, 0.25) is 0 Å². The third-order valence-corrected chi connectivity index (χ3v) is 6.97. The van der Waals surface area contributed by atoms with Crippen molar-refractivity contribution in [3.63, 3.8) is 0 Å². The lowest BCUT2D eigenvalue weighted by Gasteiger charge is -2.22. The van der Waals surface area contributed by atoms with E-state index in [0.717, 1.165) is 29.1 Å². The zero-order valence-corrected chi connectivity index (χ0v) is 22.9. The number of nitrogens with zero attached hydrogens (tertiary/aromatic N) is 6. The Labute approximate surface area is 226 Å².